The summed E-state index contributed by atoms with van der Waals surface area (Å²) in [6.07, 6.45) is -0.329. The fourth-order valence-electron chi connectivity index (χ4n) is 3.54. The number of alkyl halides is 2. The third-order valence-electron chi connectivity index (χ3n) is 5.11. The number of halogens is 2. The van der Waals surface area contributed by atoms with Crippen LogP contribution in [-0.2, 0) is 4.74 Å². The molecule has 2 saturated heterocycles. The molecule has 9 heteroatoms. The van der Waals surface area contributed by atoms with Gasteiger partial charge in [0.25, 0.3) is 12.3 Å². The second-order valence-electron chi connectivity index (χ2n) is 7.47. The van der Waals surface area contributed by atoms with Crippen LogP contribution in [0.15, 0.2) is 12.3 Å². The molecule has 0 aromatic carbocycles. The number of aryl methyl sites for hydroxylation is 1. The van der Waals surface area contributed by atoms with Crippen LogP contribution in [0.3, 0.4) is 0 Å². The topological polar surface area (TPSA) is 67.4 Å². The number of anilines is 1. The van der Waals surface area contributed by atoms with E-state index in [1.807, 2.05) is 6.92 Å². The van der Waals surface area contributed by atoms with Crippen molar-refractivity contribution in [3.05, 3.63) is 28.5 Å². The van der Waals surface area contributed by atoms with Crippen molar-refractivity contribution < 1.29 is 18.3 Å². The largest absolute Gasteiger partial charge is 0.380 e. The molecule has 2 aliphatic rings. The summed E-state index contributed by atoms with van der Waals surface area (Å²) < 4.78 is 32.6. The molecule has 1 N–H and O–H groups in total. The van der Waals surface area contributed by atoms with E-state index in [9.17, 15) is 13.6 Å². The summed E-state index contributed by atoms with van der Waals surface area (Å²) in [6, 6.07) is 1.38. The number of hydrogen-bond donors (Lipinski definition) is 1. The number of pyridine rings is 1. The van der Waals surface area contributed by atoms with Crippen LogP contribution in [0, 0.1) is 12.3 Å². The number of carbonyl (C=O) groups is 1. The lowest BCUT2D eigenvalue weighted by molar-refractivity contribution is -0.176. The molecule has 28 heavy (non-hydrogen) atoms. The van der Waals surface area contributed by atoms with Crippen molar-refractivity contribution >= 4 is 23.1 Å². The van der Waals surface area contributed by atoms with Gasteiger partial charge in [0.2, 0.25) is 0 Å². The highest BCUT2D eigenvalue weighted by atomic mass is 32.1. The van der Waals surface area contributed by atoms with Crippen LogP contribution in [0.25, 0.3) is 10.4 Å². The van der Waals surface area contributed by atoms with E-state index in [0.29, 0.717) is 59.8 Å². The maximum absolute atomic E-state index is 13.7. The first kappa shape index (κ1) is 19.2. The fourth-order valence-corrected chi connectivity index (χ4v) is 4.61. The van der Waals surface area contributed by atoms with E-state index >= 15 is 0 Å². The molecular weight excluding hydrogens is 386 g/mol. The molecule has 4 heterocycles. The number of nitrogens with zero attached hydrogens (tertiary/aromatic N) is 3. The molecule has 0 radical (unpaired) electrons. The highest BCUT2D eigenvalue weighted by Crippen LogP contribution is 2.40. The van der Waals surface area contributed by atoms with E-state index in [1.165, 1.54) is 12.3 Å². The summed E-state index contributed by atoms with van der Waals surface area (Å²) in [5.74, 6) is 0.276. The van der Waals surface area contributed by atoms with E-state index < -0.39 is 6.43 Å². The normalized spacial score (nSPS) is 17.5. The van der Waals surface area contributed by atoms with Crippen molar-refractivity contribution in [1.82, 2.24) is 14.9 Å². The number of carbonyl (C=O) groups excluding carboxylic acids is 1. The number of rotatable bonds is 6. The van der Waals surface area contributed by atoms with Crippen molar-refractivity contribution in [2.45, 2.75) is 26.7 Å². The van der Waals surface area contributed by atoms with Crippen LogP contribution in [0.4, 0.5) is 14.6 Å². The zero-order valence-corrected chi connectivity index (χ0v) is 16.6. The Morgan fingerprint density at radius 1 is 1.43 bits per heavy atom. The Balaban J connectivity index is 1.58. The van der Waals surface area contributed by atoms with E-state index in [2.05, 4.69) is 15.3 Å². The van der Waals surface area contributed by atoms with Gasteiger partial charge in [0.05, 0.1) is 29.2 Å². The van der Waals surface area contributed by atoms with Gasteiger partial charge in [-0.15, -0.1) is 11.3 Å². The number of amides is 1. The van der Waals surface area contributed by atoms with Gasteiger partial charge in [0, 0.05) is 37.0 Å². The van der Waals surface area contributed by atoms with Crippen molar-refractivity contribution in [2.24, 2.45) is 5.41 Å². The molecule has 2 aromatic heterocycles. The maximum Gasteiger partial charge on any atom is 0.282 e. The zero-order chi connectivity index (χ0) is 19.9. The molecule has 0 bridgehead atoms. The molecule has 150 valence electrons. The first-order valence-electron chi connectivity index (χ1n) is 9.29. The maximum atomic E-state index is 13.7. The smallest absolute Gasteiger partial charge is 0.282 e. The van der Waals surface area contributed by atoms with E-state index in [-0.39, 0.29) is 16.9 Å². The Morgan fingerprint density at radius 3 is 2.79 bits per heavy atom. The molecule has 1 amide bonds. The van der Waals surface area contributed by atoms with Crippen LogP contribution in [0.5, 0.6) is 0 Å². The lowest BCUT2D eigenvalue weighted by Gasteiger charge is -2.54. The predicted octanol–water partition coefficient (Wildman–Crippen LogP) is 3.75. The SMILES string of the molecule is CCCNc1cc(C(F)F)c(-c2sc(C(=O)N3CC4(COC4)C3)nc2C)cn1. The molecule has 0 aliphatic carbocycles. The quantitative estimate of drug-likeness (QED) is 0.789. The number of nitrogens with one attached hydrogen (secondary N) is 1. The van der Waals surface area contributed by atoms with Crippen molar-refractivity contribution in [1.29, 1.82) is 0 Å². The van der Waals surface area contributed by atoms with Gasteiger partial charge in [0.15, 0.2) is 5.01 Å². The minimum atomic E-state index is -2.64. The summed E-state index contributed by atoms with van der Waals surface area (Å²) in [6.45, 7) is 7.12. The molecule has 4 rings (SSSR count). The Morgan fingerprint density at radius 2 is 2.18 bits per heavy atom. The zero-order valence-electron chi connectivity index (χ0n) is 15.8. The van der Waals surface area contributed by atoms with Gasteiger partial charge in [-0.05, 0) is 19.4 Å². The third-order valence-corrected chi connectivity index (χ3v) is 6.29. The Kier molecular flexibility index (Phi) is 5.05. The van der Waals surface area contributed by atoms with Crippen LogP contribution in [0.2, 0.25) is 0 Å². The van der Waals surface area contributed by atoms with Crippen molar-refractivity contribution in [3.63, 3.8) is 0 Å². The van der Waals surface area contributed by atoms with Gasteiger partial charge in [-0.25, -0.2) is 18.7 Å². The molecule has 0 atom stereocenters. The first-order valence-corrected chi connectivity index (χ1v) is 10.1. The van der Waals surface area contributed by atoms with E-state index in [1.54, 1.807) is 11.8 Å². The number of ether oxygens (including phenoxy) is 1. The Hall–Kier alpha value is -2.13. The lowest BCUT2D eigenvalue weighted by atomic mass is 9.78. The molecule has 1 spiro atoms. The second kappa shape index (κ2) is 7.36. The molecule has 2 aromatic rings. The monoisotopic (exact) mass is 408 g/mol. The van der Waals surface area contributed by atoms with Gasteiger partial charge >= 0.3 is 0 Å². The van der Waals surface area contributed by atoms with Gasteiger partial charge in [-0.1, -0.05) is 6.92 Å². The highest BCUT2D eigenvalue weighted by molar-refractivity contribution is 7.17. The van der Waals surface area contributed by atoms with Crippen LogP contribution in [-0.4, -0.2) is 53.6 Å². The number of thiazole rings is 1. The molecular formula is C19H22F2N4O2S. The standard InChI is InChI=1S/C19H22F2N4O2S/c1-3-4-22-14-5-12(16(20)21)13(6-23-14)15-11(2)24-17(28-15)18(26)25-7-19(8-25)9-27-10-19/h5-6,16H,3-4,7-10H2,1-2H3,(H,22,23). The fraction of sp³-hybridized carbons (Fsp3) is 0.526. The third kappa shape index (κ3) is 3.37. The van der Waals surface area contributed by atoms with Gasteiger partial charge in [-0.2, -0.15) is 0 Å². The van der Waals surface area contributed by atoms with E-state index in [0.717, 1.165) is 17.8 Å². The van der Waals surface area contributed by atoms with Crippen molar-refractivity contribution in [2.75, 3.05) is 38.2 Å². The highest BCUT2D eigenvalue weighted by Gasteiger charge is 2.51. The van der Waals surface area contributed by atoms with Crippen LogP contribution < -0.4 is 5.32 Å². The Labute approximate surface area is 165 Å². The molecule has 6 nitrogen and oxygen atoms in total. The Bertz CT molecular complexity index is 890. The summed E-state index contributed by atoms with van der Waals surface area (Å²) in [7, 11) is 0. The predicted molar refractivity (Wildman–Crippen MR) is 103 cm³/mol. The second-order valence-corrected chi connectivity index (χ2v) is 8.47. The van der Waals surface area contributed by atoms with Crippen LogP contribution >= 0.6 is 11.3 Å². The summed E-state index contributed by atoms with van der Waals surface area (Å²) in [5, 5.41) is 3.36. The van der Waals surface area contributed by atoms with Gasteiger partial charge < -0.3 is 15.0 Å². The average Bonchev–Trinajstić information content (AvgIpc) is 2.98. The average molecular weight is 408 g/mol. The molecule has 0 saturated carbocycles. The number of likely N-dealkylation sites (tertiary alicyclic amines) is 1. The number of aromatic nitrogens is 2. The number of hydrogen-bond acceptors (Lipinski definition) is 6. The molecule has 2 fully saturated rings. The molecule has 2 aliphatic heterocycles. The summed E-state index contributed by atoms with van der Waals surface area (Å²) in [4.78, 5) is 23.6. The van der Waals surface area contributed by atoms with E-state index in [4.69, 9.17) is 4.74 Å². The summed E-state index contributed by atoms with van der Waals surface area (Å²) in [5.41, 5.74) is 0.916. The molecule has 0 unspecified atom stereocenters. The van der Waals surface area contributed by atoms with Crippen molar-refractivity contribution in [3.8, 4) is 10.4 Å². The first-order chi connectivity index (χ1) is 13.4. The minimum Gasteiger partial charge on any atom is -0.380 e. The van der Waals surface area contributed by atoms with Gasteiger partial charge in [0.1, 0.15) is 5.82 Å². The lowest BCUT2D eigenvalue weighted by Crippen LogP contribution is -2.67. The summed E-state index contributed by atoms with van der Waals surface area (Å²) >= 11 is 1.15. The minimum absolute atomic E-state index is 0.103. The van der Waals surface area contributed by atoms with Gasteiger partial charge in [-0.3, -0.25) is 4.79 Å². The van der Waals surface area contributed by atoms with Crippen LogP contribution in [0.1, 0.15) is 40.8 Å².